The molecule has 0 aliphatic carbocycles. The summed E-state index contributed by atoms with van der Waals surface area (Å²) in [6, 6.07) is 11.9. The summed E-state index contributed by atoms with van der Waals surface area (Å²) in [5.74, 6) is -0.342. The summed E-state index contributed by atoms with van der Waals surface area (Å²) in [7, 11) is 1.85. The second kappa shape index (κ2) is 6.88. The van der Waals surface area contributed by atoms with Crippen molar-refractivity contribution in [1.29, 1.82) is 0 Å². The first-order chi connectivity index (χ1) is 10.1. The number of carbonyl (C=O) groups excluding carboxylic acids is 1. The summed E-state index contributed by atoms with van der Waals surface area (Å²) >= 11 is 0. The lowest BCUT2D eigenvalue weighted by Crippen LogP contribution is -2.25. The van der Waals surface area contributed by atoms with Crippen LogP contribution in [-0.2, 0) is 6.42 Å². The molecule has 0 aliphatic rings. The van der Waals surface area contributed by atoms with Crippen LogP contribution in [-0.4, -0.2) is 19.5 Å². The van der Waals surface area contributed by atoms with E-state index in [9.17, 15) is 9.18 Å². The van der Waals surface area contributed by atoms with Crippen LogP contribution in [0.4, 0.5) is 10.1 Å². The zero-order valence-corrected chi connectivity index (χ0v) is 12.2. The SMILES string of the molecule is CNc1ccc(C(=O)NCCc2ccc(F)cc2)cc1C. The lowest BCUT2D eigenvalue weighted by atomic mass is 10.1. The second-order valence-electron chi connectivity index (χ2n) is 4.91. The van der Waals surface area contributed by atoms with E-state index in [0.29, 0.717) is 18.5 Å². The van der Waals surface area contributed by atoms with Gasteiger partial charge in [0.1, 0.15) is 5.82 Å². The van der Waals surface area contributed by atoms with E-state index in [1.807, 2.05) is 26.1 Å². The highest BCUT2D eigenvalue weighted by atomic mass is 19.1. The molecule has 21 heavy (non-hydrogen) atoms. The standard InChI is InChI=1S/C17H19FN2O/c1-12-11-14(5-8-16(12)19-2)17(21)20-10-9-13-3-6-15(18)7-4-13/h3-8,11,19H,9-10H2,1-2H3,(H,20,21). The van der Waals surface area contributed by atoms with Crippen LogP contribution in [0, 0.1) is 12.7 Å². The molecule has 0 atom stereocenters. The molecular formula is C17H19FN2O. The van der Waals surface area contributed by atoms with Gasteiger partial charge in [-0.3, -0.25) is 4.79 Å². The van der Waals surface area contributed by atoms with Gasteiger partial charge in [0, 0.05) is 24.8 Å². The number of rotatable bonds is 5. The predicted octanol–water partition coefficient (Wildman–Crippen LogP) is 3.15. The van der Waals surface area contributed by atoms with Gasteiger partial charge in [-0.05, 0) is 54.8 Å². The Labute approximate surface area is 124 Å². The Kier molecular flexibility index (Phi) is 4.93. The second-order valence-corrected chi connectivity index (χ2v) is 4.91. The van der Waals surface area contributed by atoms with Crippen LogP contribution in [0.3, 0.4) is 0 Å². The molecule has 3 nitrogen and oxygen atoms in total. The van der Waals surface area contributed by atoms with Gasteiger partial charge < -0.3 is 10.6 Å². The maximum atomic E-state index is 12.8. The fraction of sp³-hybridized carbons (Fsp3) is 0.235. The third kappa shape index (κ3) is 4.05. The quantitative estimate of drug-likeness (QED) is 0.886. The minimum Gasteiger partial charge on any atom is -0.388 e. The van der Waals surface area contributed by atoms with E-state index < -0.39 is 0 Å². The van der Waals surface area contributed by atoms with Crippen LogP contribution in [0.2, 0.25) is 0 Å². The summed E-state index contributed by atoms with van der Waals surface area (Å²) in [4.78, 5) is 12.0. The number of nitrogens with one attached hydrogen (secondary N) is 2. The molecule has 0 aliphatic heterocycles. The topological polar surface area (TPSA) is 41.1 Å². The van der Waals surface area contributed by atoms with Crippen LogP contribution in [0.5, 0.6) is 0 Å². The van der Waals surface area contributed by atoms with E-state index in [4.69, 9.17) is 0 Å². The van der Waals surface area contributed by atoms with Crippen molar-refractivity contribution in [3.8, 4) is 0 Å². The molecule has 1 amide bonds. The van der Waals surface area contributed by atoms with Gasteiger partial charge in [-0.2, -0.15) is 0 Å². The molecule has 2 aromatic rings. The Hall–Kier alpha value is -2.36. The van der Waals surface area contributed by atoms with E-state index in [1.165, 1.54) is 12.1 Å². The van der Waals surface area contributed by atoms with Crippen molar-refractivity contribution in [2.24, 2.45) is 0 Å². The number of benzene rings is 2. The molecule has 4 heteroatoms. The van der Waals surface area contributed by atoms with Gasteiger partial charge in [0.25, 0.3) is 5.91 Å². The van der Waals surface area contributed by atoms with Crippen molar-refractivity contribution in [2.75, 3.05) is 18.9 Å². The van der Waals surface area contributed by atoms with E-state index in [1.54, 1.807) is 18.2 Å². The largest absolute Gasteiger partial charge is 0.388 e. The molecule has 0 bridgehead atoms. The van der Waals surface area contributed by atoms with E-state index in [2.05, 4.69) is 10.6 Å². The summed E-state index contributed by atoms with van der Waals surface area (Å²) < 4.78 is 12.8. The van der Waals surface area contributed by atoms with Gasteiger partial charge >= 0.3 is 0 Å². The minimum atomic E-state index is -0.247. The molecule has 2 N–H and O–H groups in total. The van der Waals surface area contributed by atoms with Crippen LogP contribution in [0.1, 0.15) is 21.5 Å². The maximum Gasteiger partial charge on any atom is 0.251 e. The fourth-order valence-corrected chi connectivity index (χ4v) is 2.16. The number of hydrogen-bond acceptors (Lipinski definition) is 2. The van der Waals surface area contributed by atoms with Crippen LogP contribution >= 0.6 is 0 Å². The third-order valence-electron chi connectivity index (χ3n) is 3.37. The molecular weight excluding hydrogens is 267 g/mol. The Balaban J connectivity index is 1.89. The van der Waals surface area contributed by atoms with Crippen molar-refractivity contribution in [1.82, 2.24) is 5.32 Å². The zero-order valence-electron chi connectivity index (χ0n) is 12.2. The van der Waals surface area contributed by atoms with Gasteiger partial charge in [0.2, 0.25) is 0 Å². The fourth-order valence-electron chi connectivity index (χ4n) is 2.16. The Bertz CT molecular complexity index is 623. The van der Waals surface area contributed by atoms with Crippen molar-refractivity contribution < 1.29 is 9.18 Å². The molecule has 0 fully saturated rings. The number of halogens is 1. The van der Waals surface area contributed by atoms with Gasteiger partial charge in [-0.1, -0.05) is 12.1 Å². The van der Waals surface area contributed by atoms with Crippen molar-refractivity contribution in [3.63, 3.8) is 0 Å². The summed E-state index contributed by atoms with van der Waals surface area (Å²) in [5, 5.41) is 5.94. The smallest absolute Gasteiger partial charge is 0.251 e. The molecule has 0 spiro atoms. The normalized spacial score (nSPS) is 10.2. The number of hydrogen-bond donors (Lipinski definition) is 2. The minimum absolute atomic E-state index is 0.0946. The molecule has 0 saturated heterocycles. The number of amides is 1. The van der Waals surface area contributed by atoms with Crippen LogP contribution < -0.4 is 10.6 Å². The molecule has 0 saturated carbocycles. The first-order valence-electron chi connectivity index (χ1n) is 6.91. The molecule has 0 aromatic heterocycles. The molecule has 110 valence electrons. The van der Waals surface area contributed by atoms with E-state index in [0.717, 1.165) is 16.8 Å². The van der Waals surface area contributed by atoms with Gasteiger partial charge in [-0.15, -0.1) is 0 Å². The number of aryl methyl sites for hydroxylation is 1. The average Bonchev–Trinajstić information content (AvgIpc) is 2.49. The average molecular weight is 286 g/mol. The van der Waals surface area contributed by atoms with E-state index >= 15 is 0 Å². The van der Waals surface area contributed by atoms with Gasteiger partial charge in [-0.25, -0.2) is 4.39 Å². The Morgan fingerprint density at radius 2 is 1.86 bits per heavy atom. The lowest BCUT2D eigenvalue weighted by Gasteiger charge is -2.09. The van der Waals surface area contributed by atoms with Gasteiger partial charge in [0.15, 0.2) is 0 Å². The number of anilines is 1. The van der Waals surface area contributed by atoms with E-state index in [-0.39, 0.29) is 11.7 Å². The monoisotopic (exact) mass is 286 g/mol. The van der Waals surface area contributed by atoms with Crippen molar-refractivity contribution in [3.05, 3.63) is 65.0 Å². The van der Waals surface area contributed by atoms with Crippen molar-refractivity contribution in [2.45, 2.75) is 13.3 Å². The van der Waals surface area contributed by atoms with Crippen LogP contribution in [0.15, 0.2) is 42.5 Å². The molecule has 2 aromatic carbocycles. The first kappa shape index (κ1) is 15.0. The highest BCUT2D eigenvalue weighted by molar-refractivity contribution is 5.94. The molecule has 2 rings (SSSR count). The highest BCUT2D eigenvalue weighted by Crippen LogP contribution is 2.15. The zero-order chi connectivity index (χ0) is 15.2. The maximum absolute atomic E-state index is 12.8. The predicted molar refractivity (Wildman–Crippen MR) is 83.2 cm³/mol. The molecule has 0 radical (unpaired) electrons. The summed E-state index contributed by atoms with van der Waals surface area (Å²) in [5.41, 5.74) is 3.69. The summed E-state index contributed by atoms with van der Waals surface area (Å²) in [6.45, 7) is 2.48. The summed E-state index contributed by atoms with van der Waals surface area (Å²) in [6.07, 6.45) is 0.680. The van der Waals surface area contributed by atoms with Crippen molar-refractivity contribution >= 4 is 11.6 Å². The molecule has 0 unspecified atom stereocenters. The lowest BCUT2D eigenvalue weighted by molar-refractivity contribution is 0.0954. The van der Waals surface area contributed by atoms with Gasteiger partial charge in [0.05, 0.1) is 0 Å². The highest BCUT2D eigenvalue weighted by Gasteiger charge is 2.06. The number of carbonyl (C=O) groups is 1. The van der Waals surface area contributed by atoms with Crippen LogP contribution in [0.25, 0.3) is 0 Å². The first-order valence-corrected chi connectivity index (χ1v) is 6.91. The molecule has 0 heterocycles. The Morgan fingerprint density at radius 3 is 2.48 bits per heavy atom. The Morgan fingerprint density at radius 1 is 1.14 bits per heavy atom. The third-order valence-corrected chi connectivity index (χ3v) is 3.37.